The van der Waals surface area contributed by atoms with Gasteiger partial charge in [0.1, 0.15) is 12.2 Å². The van der Waals surface area contributed by atoms with Crippen LogP contribution in [0.1, 0.15) is 51.0 Å². The van der Waals surface area contributed by atoms with E-state index in [9.17, 15) is 0 Å². The molecule has 2 rings (SSSR count). The van der Waals surface area contributed by atoms with Crippen molar-refractivity contribution >= 4 is 0 Å². The van der Waals surface area contributed by atoms with Gasteiger partial charge in [0.2, 0.25) is 0 Å². The lowest BCUT2D eigenvalue weighted by atomic mass is 10.1. The van der Waals surface area contributed by atoms with Gasteiger partial charge in [-0.2, -0.15) is 0 Å². The summed E-state index contributed by atoms with van der Waals surface area (Å²) in [6.07, 6.45) is -0.574. The average Bonchev–Trinajstić information content (AvgIpc) is 2.74. The van der Waals surface area contributed by atoms with Crippen molar-refractivity contribution in [1.29, 1.82) is 0 Å². The molecule has 0 heterocycles. The van der Waals surface area contributed by atoms with E-state index < -0.39 is 11.6 Å². The predicted molar refractivity (Wildman–Crippen MR) is 114 cm³/mol. The molecule has 0 aromatic heterocycles. The molecule has 2 aromatic rings. The normalized spacial score (nSPS) is 14.6. The minimum atomic E-state index is -0.701. The van der Waals surface area contributed by atoms with Crippen molar-refractivity contribution in [3.05, 3.63) is 71.8 Å². The first-order chi connectivity index (χ1) is 13.8. The molecule has 0 aliphatic carbocycles. The summed E-state index contributed by atoms with van der Waals surface area (Å²) < 4.78 is 29.3. The van der Waals surface area contributed by atoms with Gasteiger partial charge in [0.05, 0.1) is 13.2 Å². The molecule has 2 atom stereocenters. The van der Waals surface area contributed by atoms with Crippen LogP contribution >= 0.6 is 0 Å². The van der Waals surface area contributed by atoms with E-state index in [1.54, 1.807) is 14.2 Å². The van der Waals surface area contributed by atoms with E-state index in [4.69, 9.17) is 23.7 Å². The lowest BCUT2D eigenvalue weighted by Crippen LogP contribution is -2.32. The van der Waals surface area contributed by atoms with Crippen molar-refractivity contribution in [2.24, 2.45) is 0 Å². The second-order valence-corrected chi connectivity index (χ2v) is 7.76. The molecule has 0 radical (unpaired) electrons. The number of hydrogen-bond acceptors (Lipinski definition) is 5. The minimum Gasteiger partial charge on any atom is -0.361 e. The van der Waals surface area contributed by atoms with E-state index >= 15 is 0 Å². The number of ether oxygens (including phenoxy) is 5. The smallest absolute Gasteiger partial charge is 0.162 e. The predicted octanol–water partition coefficient (Wildman–Crippen LogP) is 5.28. The molecule has 2 aromatic carbocycles. The summed E-state index contributed by atoms with van der Waals surface area (Å²) >= 11 is 0. The molecule has 5 nitrogen and oxygen atoms in total. The van der Waals surface area contributed by atoms with Gasteiger partial charge in [0, 0.05) is 14.2 Å². The summed E-state index contributed by atoms with van der Waals surface area (Å²) in [7, 11) is 3.26. The topological polar surface area (TPSA) is 46.2 Å². The van der Waals surface area contributed by atoms with Crippen LogP contribution in [-0.4, -0.2) is 39.0 Å². The van der Waals surface area contributed by atoms with Crippen molar-refractivity contribution in [1.82, 2.24) is 0 Å². The molecule has 0 aliphatic heterocycles. The Morgan fingerprint density at radius 1 is 0.621 bits per heavy atom. The molecule has 0 bridgehead atoms. The number of rotatable bonds is 12. The van der Waals surface area contributed by atoms with Gasteiger partial charge in [-0.25, -0.2) is 0 Å². The minimum absolute atomic E-state index is 0.287. The Kier molecular flexibility index (Phi) is 8.80. The van der Waals surface area contributed by atoms with Crippen LogP contribution in [0.3, 0.4) is 0 Å². The van der Waals surface area contributed by atoms with Crippen LogP contribution in [0.2, 0.25) is 0 Å². The van der Waals surface area contributed by atoms with Gasteiger partial charge in [-0.05, 0) is 38.8 Å². The second kappa shape index (κ2) is 10.9. The number of benzene rings is 2. The molecular weight excluding hydrogens is 368 g/mol. The van der Waals surface area contributed by atoms with Crippen molar-refractivity contribution in [3.8, 4) is 0 Å². The van der Waals surface area contributed by atoms with Crippen LogP contribution in [-0.2, 0) is 23.7 Å². The van der Waals surface area contributed by atoms with E-state index in [0.717, 1.165) is 11.1 Å². The molecule has 5 heteroatoms. The third-order valence-electron chi connectivity index (χ3n) is 4.82. The highest BCUT2D eigenvalue weighted by atomic mass is 16.7. The molecule has 2 unspecified atom stereocenters. The zero-order chi connectivity index (χ0) is 21.3. The summed E-state index contributed by atoms with van der Waals surface area (Å²) in [5, 5.41) is 0. The molecule has 29 heavy (non-hydrogen) atoms. The summed E-state index contributed by atoms with van der Waals surface area (Å²) in [6.45, 7) is 8.23. The third kappa shape index (κ3) is 7.88. The molecule has 0 aliphatic rings. The lowest BCUT2D eigenvalue weighted by molar-refractivity contribution is -0.234. The highest BCUT2D eigenvalue weighted by molar-refractivity contribution is 5.20. The third-order valence-corrected chi connectivity index (χ3v) is 4.82. The highest BCUT2D eigenvalue weighted by Crippen LogP contribution is 2.30. The largest absolute Gasteiger partial charge is 0.361 e. The Labute approximate surface area is 174 Å². The van der Waals surface area contributed by atoms with Gasteiger partial charge in [-0.15, -0.1) is 0 Å². The Morgan fingerprint density at radius 3 is 1.28 bits per heavy atom. The summed E-state index contributed by atoms with van der Waals surface area (Å²) in [4.78, 5) is 0. The van der Waals surface area contributed by atoms with Crippen LogP contribution in [0.4, 0.5) is 0 Å². The van der Waals surface area contributed by atoms with Gasteiger partial charge in [-0.3, -0.25) is 0 Å². The van der Waals surface area contributed by atoms with Crippen LogP contribution in [0.5, 0.6) is 0 Å². The zero-order valence-electron chi connectivity index (χ0n) is 18.4. The molecule has 160 valence electrons. The Bertz CT molecular complexity index is 638. The van der Waals surface area contributed by atoms with E-state index in [2.05, 4.69) is 0 Å². The zero-order valence-corrected chi connectivity index (χ0v) is 18.4. The Balaban J connectivity index is 2.23. The monoisotopic (exact) mass is 402 g/mol. The first-order valence-corrected chi connectivity index (χ1v) is 9.90. The summed E-state index contributed by atoms with van der Waals surface area (Å²) in [5.74, 6) is -1.40. The fourth-order valence-corrected chi connectivity index (χ4v) is 2.63. The maximum absolute atomic E-state index is 6.54. The van der Waals surface area contributed by atoms with E-state index in [1.165, 1.54) is 0 Å². The quantitative estimate of drug-likeness (QED) is 0.452. The highest BCUT2D eigenvalue weighted by Gasteiger charge is 2.27. The van der Waals surface area contributed by atoms with Gasteiger partial charge >= 0.3 is 0 Å². The van der Waals surface area contributed by atoms with Crippen LogP contribution < -0.4 is 0 Å². The van der Waals surface area contributed by atoms with Crippen LogP contribution in [0.15, 0.2) is 60.7 Å². The molecule has 0 saturated carbocycles. The van der Waals surface area contributed by atoms with Crippen molar-refractivity contribution < 1.29 is 23.7 Å². The molecule has 0 N–H and O–H groups in total. The first kappa shape index (κ1) is 23.5. The fraction of sp³-hybridized carbons (Fsp3) is 0.500. The standard InChI is InChI=1S/C24H34O5/c1-23(2,25-5)27-17-21(19-13-9-7-10-14-19)29-22(18-28-24(3,4)26-6)20-15-11-8-12-16-20/h7-16,21-22H,17-18H2,1-6H3. The molecule has 0 amide bonds. The van der Waals surface area contributed by atoms with Crippen molar-refractivity contribution in [2.45, 2.75) is 51.5 Å². The van der Waals surface area contributed by atoms with E-state index in [0.29, 0.717) is 13.2 Å². The van der Waals surface area contributed by atoms with Crippen molar-refractivity contribution in [2.75, 3.05) is 27.4 Å². The van der Waals surface area contributed by atoms with Crippen LogP contribution in [0, 0.1) is 0 Å². The molecule has 0 saturated heterocycles. The summed E-state index contributed by atoms with van der Waals surface area (Å²) in [6, 6.07) is 20.1. The Morgan fingerprint density at radius 2 is 0.966 bits per heavy atom. The number of methoxy groups -OCH3 is 2. The second-order valence-electron chi connectivity index (χ2n) is 7.76. The maximum Gasteiger partial charge on any atom is 0.162 e. The van der Waals surface area contributed by atoms with Crippen LogP contribution in [0.25, 0.3) is 0 Å². The van der Waals surface area contributed by atoms with Gasteiger partial charge < -0.3 is 23.7 Å². The van der Waals surface area contributed by atoms with Gasteiger partial charge in [-0.1, -0.05) is 60.7 Å². The molecule has 0 fully saturated rings. The SMILES string of the molecule is COC(C)(C)OCC(OC(COC(C)(C)OC)c1ccccc1)c1ccccc1. The summed E-state index contributed by atoms with van der Waals surface area (Å²) in [5.41, 5.74) is 2.07. The van der Waals surface area contributed by atoms with Gasteiger partial charge in [0.15, 0.2) is 11.6 Å². The van der Waals surface area contributed by atoms with E-state index in [1.807, 2.05) is 88.4 Å². The Hall–Kier alpha value is -1.76. The number of hydrogen-bond donors (Lipinski definition) is 0. The molecular formula is C24H34O5. The van der Waals surface area contributed by atoms with E-state index in [-0.39, 0.29) is 12.2 Å². The lowest BCUT2D eigenvalue weighted by Gasteiger charge is -2.31. The average molecular weight is 403 g/mol. The van der Waals surface area contributed by atoms with Gasteiger partial charge in [0.25, 0.3) is 0 Å². The molecule has 0 spiro atoms. The maximum atomic E-state index is 6.54. The van der Waals surface area contributed by atoms with Crippen molar-refractivity contribution in [3.63, 3.8) is 0 Å². The fourth-order valence-electron chi connectivity index (χ4n) is 2.63. The first-order valence-electron chi connectivity index (χ1n) is 9.90.